The van der Waals surface area contributed by atoms with Gasteiger partial charge in [0.2, 0.25) is 17.7 Å². The Morgan fingerprint density at radius 1 is 1.20 bits per heavy atom. The normalized spacial score (nSPS) is 13.6. The number of amides is 3. The SMILES string of the molecule is CC(C)(NC(=O)[C@H](CS)NC(=O)[C@@H](N)CCCNC(=N)N)C(=O)N[C@@H](Cc1cccnc1)C(=O)O. The second-order valence-corrected chi connectivity index (χ2v) is 8.74. The first-order chi connectivity index (χ1) is 16.4. The smallest absolute Gasteiger partial charge is 0.326 e. The van der Waals surface area contributed by atoms with E-state index < -0.39 is 47.4 Å². The number of hydrogen-bond acceptors (Lipinski definition) is 8. The minimum atomic E-state index is -1.49. The largest absolute Gasteiger partial charge is 0.480 e. The number of nitrogens with zero attached hydrogens (tertiary/aromatic N) is 1. The van der Waals surface area contributed by atoms with E-state index in [1.54, 1.807) is 18.3 Å². The molecule has 13 nitrogen and oxygen atoms in total. The number of carbonyl (C=O) groups excluding carboxylic acids is 3. The number of thiol groups is 1. The molecule has 3 amide bonds. The summed E-state index contributed by atoms with van der Waals surface area (Å²) in [6, 6.07) is 0.121. The first kappa shape index (κ1) is 29.6. The lowest BCUT2D eigenvalue weighted by atomic mass is 10.0. The number of carboxylic acid groups (broad SMARTS) is 1. The number of nitrogens with two attached hydrogens (primary N) is 2. The molecule has 3 atom stereocenters. The first-order valence-corrected chi connectivity index (χ1v) is 11.5. The van der Waals surface area contributed by atoms with E-state index in [0.717, 1.165) is 0 Å². The summed E-state index contributed by atoms with van der Waals surface area (Å²) in [5.41, 5.74) is 10.2. The van der Waals surface area contributed by atoms with E-state index in [2.05, 4.69) is 38.9 Å². The van der Waals surface area contributed by atoms with Crippen molar-refractivity contribution in [1.29, 1.82) is 5.41 Å². The summed E-state index contributed by atoms with van der Waals surface area (Å²) in [6.07, 6.45) is 3.82. The second-order valence-electron chi connectivity index (χ2n) is 8.38. The van der Waals surface area contributed by atoms with Crippen LogP contribution in [0.2, 0.25) is 0 Å². The van der Waals surface area contributed by atoms with Gasteiger partial charge in [0.25, 0.3) is 0 Å². The van der Waals surface area contributed by atoms with Crippen LogP contribution in [0.15, 0.2) is 24.5 Å². The molecule has 1 aromatic rings. The number of rotatable bonds is 14. The van der Waals surface area contributed by atoms with E-state index in [-0.39, 0.29) is 24.6 Å². The number of hydrogen-bond donors (Lipinski definition) is 9. The molecule has 10 N–H and O–H groups in total. The maximum Gasteiger partial charge on any atom is 0.326 e. The summed E-state index contributed by atoms with van der Waals surface area (Å²) >= 11 is 4.10. The van der Waals surface area contributed by atoms with Crippen molar-refractivity contribution >= 4 is 42.3 Å². The van der Waals surface area contributed by atoms with Gasteiger partial charge in [-0.1, -0.05) is 6.07 Å². The van der Waals surface area contributed by atoms with Crippen LogP contribution >= 0.6 is 12.6 Å². The Morgan fingerprint density at radius 2 is 1.89 bits per heavy atom. The lowest BCUT2D eigenvalue weighted by molar-refractivity contribution is -0.143. The van der Waals surface area contributed by atoms with Crippen molar-refractivity contribution in [3.63, 3.8) is 0 Å². The molecule has 0 aromatic carbocycles. The Kier molecular flexibility index (Phi) is 12.0. The molecule has 0 spiro atoms. The number of guanidine groups is 1. The van der Waals surface area contributed by atoms with Crippen LogP contribution in [0.4, 0.5) is 0 Å². The van der Waals surface area contributed by atoms with Crippen LogP contribution in [-0.2, 0) is 25.6 Å². The van der Waals surface area contributed by atoms with Gasteiger partial charge in [-0.2, -0.15) is 12.6 Å². The Morgan fingerprint density at radius 3 is 2.43 bits per heavy atom. The highest BCUT2D eigenvalue weighted by molar-refractivity contribution is 7.80. The third-order valence-electron chi connectivity index (χ3n) is 4.93. The van der Waals surface area contributed by atoms with Crippen molar-refractivity contribution < 1.29 is 24.3 Å². The Bertz CT molecular complexity index is 899. The van der Waals surface area contributed by atoms with Crippen LogP contribution in [0, 0.1) is 5.41 Å². The zero-order chi connectivity index (χ0) is 26.6. The molecule has 35 heavy (non-hydrogen) atoms. The van der Waals surface area contributed by atoms with Crippen molar-refractivity contribution in [3.8, 4) is 0 Å². The molecule has 0 saturated carbocycles. The number of carbonyl (C=O) groups is 4. The molecule has 0 fully saturated rings. The van der Waals surface area contributed by atoms with E-state index in [0.29, 0.717) is 18.5 Å². The van der Waals surface area contributed by atoms with Gasteiger partial charge in [0.15, 0.2) is 5.96 Å². The van der Waals surface area contributed by atoms with Gasteiger partial charge >= 0.3 is 5.97 Å². The Hall–Kier alpha value is -3.39. The van der Waals surface area contributed by atoms with Crippen molar-refractivity contribution in [2.75, 3.05) is 12.3 Å². The molecular weight excluding hydrogens is 476 g/mol. The van der Waals surface area contributed by atoms with Gasteiger partial charge in [0, 0.05) is 31.1 Å². The molecule has 0 radical (unpaired) electrons. The molecule has 0 aliphatic heterocycles. The fourth-order valence-corrected chi connectivity index (χ4v) is 3.15. The van der Waals surface area contributed by atoms with Crippen LogP contribution in [0.3, 0.4) is 0 Å². The zero-order valence-electron chi connectivity index (χ0n) is 19.7. The molecule has 0 aliphatic rings. The van der Waals surface area contributed by atoms with Crippen LogP contribution in [0.5, 0.6) is 0 Å². The minimum Gasteiger partial charge on any atom is -0.480 e. The van der Waals surface area contributed by atoms with Gasteiger partial charge < -0.3 is 37.8 Å². The van der Waals surface area contributed by atoms with Gasteiger partial charge in [-0.25, -0.2) is 4.79 Å². The van der Waals surface area contributed by atoms with Crippen LogP contribution in [-0.4, -0.2) is 75.7 Å². The standard InChI is InChI=1S/C21H34N8O5S/c1-21(2,19(34)28-14(18(32)33)9-12-5-3-7-25-10-12)29-17(31)15(11-35)27-16(30)13(22)6-4-8-26-20(23)24/h3,5,7,10,13-15,35H,4,6,8-9,11,22H2,1-2H3,(H,27,30)(H,28,34)(H,29,31)(H,32,33)(H4,23,24,26)/t13-,14-,15-/m0/s1. The summed E-state index contributed by atoms with van der Waals surface area (Å²) in [6.45, 7) is 3.19. The van der Waals surface area contributed by atoms with E-state index in [1.165, 1.54) is 20.0 Å². The predicted molar refractivity (Wildman–Crippen MR) is 133 cm³/mol. The molecule has 0 saturated heterocycles. The molecule has 0 unspecified atom stereocenters. The van der Waals surface area contributed by atoms with Crippen molar-refractivity contribution in [1.82, 2.24) is 26.3 Å². The van der Waals surface area contributed by atoms with Crippen molar-refractivity contribution in [2.45, 2.75) is 56.8 Å². The van der Waals surface area contributed by atoms with E-state index >= 15 is 0 Å². The lowest BCUT2D eigenvalue weighted by Gasteiger charge is -2.29. The van der Waals surface area contributed by atoms with E-state index in [9.17, 15) is 24.3 Å². The first-order valence-electron chi connectivity index (χ1n) is 10.9. The highest BCUT2D eigenvalue weighted by Gasteiger charge is 2.35. The average molecular weight is 511 g/mol. The molecule has 0 bridgehead atoms. The number of carboxylic acids is 1. The Labute approximate surface area is 209 Å². The van der Waals surface area contributed by atoms with Gasteiger partial charge in [-0.3, -0.25) is 24.8 Å². The van der Waals surface area contributed by atoms with Crippen LogP contribution in [0.1, 0.15) is 32.3 Å². The summed E-state index contributed by atoms with van der Waals surface area (Å²) in [4.78, 5) is 53.4. The fourth-order valence-electron chi connectivity index (χ4n) is 2.89. The molecule has 194 valence electrons. The monoisotopic (exact) mass is 510 g/mol. The van der Waals surface area contributed by atoms with Crippen molar-refractivity contribution in [2.24, 2.45) is 11.5 Å². The highest BCUT2D eigenvalue weighted by Crippen LogP contribution is 2.08. The average Bonchev–Trinajstić information content (AvgIpc) is 2.79. The zero-order valence-corrected chi connectivity index (χ0v) is 20.6. The van der Waals surface area contributed by atoms with Crippen molar-refractivity contribution in [3.05, 3.63) is 30.1 Å². The number of aliphatic carboxylic acids is 1. The molecule has 1 rings (SSSR count). The summed E-state index contributed by atoms with van der Waals surface area (Å²) in [5, 5.41) is 26.6. The van der Waals surface area contributed by atoms with Gasteiger partial charge in [0.05, 0.1) is 6.04 Å². The third kappa shape index (κ3) is 10.6. The molecular formula is C21H34N8O5S. The number of aromatic nitrogens is 1. The van der Waals surface area contributed by atoms with Gasteiger partial charge in [-0.15, -0.1) is 0 Å². The quantitative estimate of drug-likeness (QED) is 0.0588. The minimum absolute atomic E-state index is 0.00802. The van der Waals surface area contributed by atoms with Gasteiger partial charge in [-0.05, 0) is 38.3 Å². The molecule has 14 heteroatoms. The maximum absolute atomic E-state index is 12.8. The van der Waals surface area contributed by atoms with Crippen LogP contribution < -0.4 is 32.7 Å². The predicted octanol–water partition coefficient (Wildman–Crippen LogP) is -1.91. The summed E-state index contributed by atoms with van der Waals surface area (Å²) in [7, 11) is 0. The van der Waals surface area contributed by atoms with E-state index in [1.807, 2.05) is 0 Å². The van der Waals surface area contributed by atoms with Crippen LogP contribution in [0.25, 0.3) is 0 Å². The summed E-state index contributed by atoms with van der Waals surface area (Å²) < 4.78 is 0. The molecule has 0 aliphatic carbocycles. The second kappa shape index (κ2) is 14.1. The third-order valence-corrected chi connectivity index (χ3v) is 5.29. The Balaban J connectivity index is 2.69. The number of pyridine rings is 1. The highest BCUT2D eigenvalue weighted by atomic mass is 32.1. The molecule has 1 heterocycles. The molecule has 1 aromatic heterocycles. The van der Waals surface area contributed by atoms with E-state index in [4.69, 9.17) is 16.9 Å². The lowest BCUT2D eigenvalue weighted by Crippen LogP contribution is -2.62. The topological polar surface area (TPSA) is 225 Å². The fraction of sp³-hybridized carbons (Fsp3) is 0.524. The maximum atomic E-state index is 12.8. The summed E-state index contributed by atoms with van der Waals surface area (Å²) in [5.74, 6) is -3.47. The number of nitrogens with one attached hydrogen (secondary N) is 5. The van der Waals surface area contributed by atoms with Gasteiger partial charge in [0.1, 0.15) is 17.6 Å².